The fraction of sp³-hybridized carbons (Fsp3) is 0.593. The first-order valence-corrected chi connectivity index (χ1v) is 12.4. The van der Waals surface area contributed by atoms with Gasteiger partial charge in [0.05, 0.1) is 12.1 Å². The normalized spacial score (nSPS) is 20.8. The van der Waals surface area contributed by atoms with Gasteiger partial charge >= 0.3 is 5.97 Å². The van der Waals surface area contributed by atoms with Gasteiger partial charge in [0.25, 0.3) is 0 Å². The predicted molar refractivity (Wildman–Crippen MR) is 128 cm³/mol. The molecule has 6 nitrogen and oxygen atoms in total. The van der Waals surface area contributed by atoms with Crippen LogP contribution in [0, 0.1) is 31.5 Å². The number of hydrogen-bond donors (Lipinski definition) is 2. The molecule has 0 bridgehead atoms. The van der Waals surface area contributed by atoms with E-state index in [1.165, 1.54) is 12.5 Å². The number of carboxylic acid groups (broad SMARTS) is 1. The highest BCUT2D eigenvalue weighted by Gasteiger charge is 2.42. The van der Waals surface area contributed by atoms with E-state index in [0.717, 1.165) is 42.6 Å². The zero-order valence-corrected chi connectivity index (χ0v) is 20.5. The van der Waals surface area contributed by atoms with E-state index in [9.17, 15) is 19.1 Å². The molecule has 1 aromatic heterocycles. The molecule has 1 aromatic carbocycles. The summed E-state index contributed by atoms with van der Waals surface area (Å²) in [4.78, 5) is 24.6. The number of nitrogens with zero attached hydrogens (tertiary/aromatic N) is 1. The van der Waals surface area contributed by atoms with Crippen molar-refractivity contribution in [1.29, 1.82) is 0 Å². The topological polar surface area (TPSA) is 92.4 Å². The zero-order chi connectivity index (χ0) is 24.6. The lowest BCUT2D eigenvalue weighted by atomic mass is 9.69. The quantitative estimate of drug-likeness (QED) is 0.417. The van der Waals surface area contributed by atoms with Crippen LogP contribution >= 0.6 is 0 Å². The van der Waals surface area contributed by atoms with Gasteiger partial charge in [0, 0.05) is 29.5 Å². The molecule has 1 amide bonds. The van der Waals surface area contributed by atoms with Crippen LogP contribution in [0.4, 0.5) is 10.1 Å². The lowest BCUT2D eigenvalue weighted by Gasteiger charge is -2.35. The fourth-order valence-electron chi connectivity index (χ4n) is 5.36. The van der Waals surface area contributed by atoms with Crippen molar-refractivity contribution in [2.45, 2.75) is 90.4 Å². The first kappa shape index (κ1) is 24.4. The van der Waals surface area contributed by atoms with Crippen LogP contribution in [0.25, 0.3) is 0 Å². The van der Waals surface area contributed by atoms with Crippen molar-refractivity contribution in [3.05, 3.63) is 46.1 Å². The Kier molecular flexibility index (Phi) is 7.10. The van der Waals surface area contributed by atoms with Crippen LogP contribution in [0.1, 0.15) is 105 Å². The molecule has 2 aliphatic rings. The van der Waals surface area contributed by atoms with Gasteiger partial charge in [-0.2, -0.15) is 0 Å². The summed E-state index contributed by atoms with van der Waals surface area (Å²) in [5, 5.41) is 16.7. The Labute approximate surface area is 200 Å². The van der Waals surface area contributed by atoms with Gasteiger partial charge in [-0.1, -0.05) is 25.1 Å². The number of carbonyl (C=O) groups excluding carboxylic acids is 1. The standard InChI is InChI=1S/C27H35FN2O4/c1-14(2)7-17-9-20(10-17)27-25(18-5-6-18)26(30-34-27)19(12-24(32)33)11-23(31)29-22-13-21(28)15(3)8-16(22)4/h8,13-14,17-20H,5-7,9-12H2,1-4H3,(H,29,31)(H,32,33). The number of nitrogens with one attached hydrogen (secondary N) is 1. The highest BCUT2D eigenvalue weighted by Crippen LogP contribution is 2.52. The third kappa shape index (κ3) is 5.50. The smallest absolute Gasteiger partial charge is 0.304 e. The van der Waals surface area contributed by atoms with E-state index in [0.29, 0.717) is 40.6 Å². The number of amides is 1. The summed E-state index contributed by atoms with van der Waals surface area (Å²) in [6.45, 7) is 7.95. The fourth-order valence-corrected chi connectivity index (χ4v) is 5.36. The molecule has 184 valence electrons. The monoisotopic (exact) mass is 470 g/mol. The number of benzene rings is 1. The Bertz CT molecular complexity index is 1070. The van der Waals surface area contributed by atoms with Crippen LogP contribution in [0.3, 0.4) is 0 Å². The Morgan fingerprint density at radius 1 is 1.15 bits per heavy atom. The summed E-state index contributed by atoms with van der Waals surface area (Å²) in [6, 6.07) is 2.99. The molecule has 2 N–H and O–H groups in total. The molecule has 0 saturated heterocycles. The van der Waals surface area contributed by atoms with E-state index >= 15 is 0 Å². The van der Waals surface area contributed by atoms with Gasteiger partial charge in [0.2, 0.25) is 5.91 Å². The molecule has 2 saturated carbocycles. The van der Waals surface area contributed by atoms with Gasteiger partial charge < -0.3 is 14.9 Å². The highest BCUT2D eigenvalue weighted by molar-refractivity contribution is 5.92. The van der Waals surface area contributed by atoms with Crippen LogP contribution in [0.2, 0.25) is 0 Å². The van der Waals surface area contributed by atoms with Crippen molar-refractivity contribution in [3.63, 3.8) is 0 Å². The van der Waals surface area contributed by atoms with E-state index in [-0.39, 0.29) is 18.7 Å². The molecule has 2 aromatic rings. The van der Waals surface area contributed by atoms with Gasteiger partial charge in [0.1, 0.15) is 11.6 Å². The molecule has 2 fully saturated rings. The average Bonchev–Trinajstić information content (AvgIpc) is 3.46. The number of carbonyl (C=O) groups is 2. The number of aromatic nitrogens is 1. The van der Waals surface area contributed by atoms with Crippen molar-refractivity contribution in [2.24, 2.45) is 11.8 Å². The van der Waals surface area contributed by atoms with Gasteiger partial charge in [-0.15, -0.1) is 0 Å². The number of carboxylic acids is 1. The lowest BCUT2D eigenvalue weighted by molar-refractivity contribution is -0.137. The molecule has 2 aliphatic carbocycles. The predicted octanol–water partition coefficient (Wildman–Crippen LogP) is 6.43. The maximum Gasteiger partial charge on any atom is 0.304 e. The zero-order valence-electron chi connectivity index (χ0n) is 20.5. The van der Waals surface area contributed by atoms with Crippen molar-refractivity contribution < 1.29 is 23.6 Å². The number of anilines is 1. The van der Waals surface area contributed by atoms with Crippen LogP contribution in [0.5, 0.6) is 0 Å². The number of aliphatic carboxylic acids is 1. The van der Waals surface area contributed by atoms with Crippen LogP contribution in [-0.4, -0.2) is 22.1 Å². The molecule has 7 heteroatoms. The first-order chi connectivity index (χ1) is 16.1. The minimum atomic E-state index is -0.984. The summed E-state index contributed by atoms with van der Waals surface area (Å²) in [7, 11) is 0. The molecule has 4 rings (SSSR count). The van der Waals surface area contributed by atoms with Gasteiger partial charge in [0.15, 0.2) is 0 Å². The Hall–Kier alpha value is -2.70. The van der Waals surface area contributed by atoms with Gasteiger partial charge in [-0.25, -0.2) is 4.39 Å². The van der Waals surface area contributed by atoms with Crippen LogP contribution in [-0.2, 0) is 9.59 Å². The van der Waals surface area contributed by atoms with E-state index < -0.39 is 17.7 Å². The third-order valence-corrected chi connectivity index (χ3v) is 7.20. The maximum absolute atomic E-state index is 14.0. The number of halogens is 1. The first-order valence-electron chi connectivity index (χ1n) is 12.4. The van der Waals surface area contributed by atoms with Gasteiger partial charge in [-0.05, 0) is 80.9 Å². The molecule has 0 aliphatic heterocycles. The summed E-state index contributed by atoms with van der Waals surface area (Å²) in [5.41, 5.74) is 3.33. The molecule has 0 radical (unpaired) electrons. The highest BCUT2D eigenvalue weighted by atomic mass is 19.1. The molecule has 1 heterocycles. The number of rotatable bonds is 10. The molecule has 34 heavy (non-hydrogen) atoms. The van der Waals surface area contributed by atoms with Crippen molar-refractivity contribution in [1.82, 2.24) is 5.16 Å². The van der Waals surface area contributed by atoms with E-state index in [1.54, 1.807) is 19.9 Å². The minimum absolute atomic E-state index is 0.0480. The van der Waals surface area contributed by atoms with Gasteiger partial charge in [-0.3, -0.25) is 9.59 Å². The molecule has 0 spiro atoms. The second kappa shape index (κ2) is 9.88. The van der Waals surface area contributed by atoms with E-state index in [1.807, 2.05) is 0 Å². The second-order valence-corrected chi connectivity index (χ2v) is 10.7. The maximum atomic E-state index is 14.0. The summed E-state index contributed by atoms with van der Waals surface area (Å²) >= 11 is 0. The molecule has 1 unspecified atom stereocenters. The Morgan fingerprint density at radius 3 is 2.47 bits per heavy atom. The second-order valence-electron chi connectivity index (χ2n) is 10.7. The van der Waals surface area contributed by atoms with E-state index in [2.05, 4.69) is 24.3 Å². The minimum Gasteiger partial charge on any atom is -0.481 e. The summed E-state index contributed by atoms with van der Waals surface area (Å²) < 4.78 is 19.9. The largest absolute Gasteiger partial charge is 0.481 e. The van der Waals surface area contributed by atoms with E-state index in [4.69, 9.17) is 4.52 Å². The lowest BCUT2D eigenvalue weighted by Crippen LogP contribution is -2.24. The van der Waals surface area contributed by atoms with Crippen LogP contribution in [0.15, 0.2) is 16.7 Å². The van der Waals surface area contributed by atoms with Crippen molar-refractivity contribution in [2.75, 3.05) is 5.32 Å². The Morgan fingerprint density at radius 2 is 1.85 bits per heavy atom. The number of hydrogen-bond acceptors (Lipinski definition) is 4. The third-order valence-electron chi connectivity index (χ3n) is 7.20. The van der Waals surface area contributed by atoms with Crippen molar-refractivity contribution >= 4 is 17.6 Å². The summed E-state index contributed by atoms with van der Waals surface area (Å²) in [5.74, 6) is 0.625. The Balaban J connectivity index is 1.52. The molecular formula is C27H35FN2O4. The molecular weight excluding hydrogens is 435 g/mol. The average molecular weight is 471 g/mol. The SMILES string of the molecule is Cc1cc(C)c(NC(=O)CC(CC(=O)O)c2noc(C3CC(CC(C)C)C3)c2C2CC2)cc1F. The van der Waals surface area contributed by atoms with Crippen molar-refractivity contribution in [3.8, 4) is 0 Å². The number of aryl methyl sites for hydroxylation is 2. The molecule has 1 atom stereocenters. The van der Waals surface area contributed by atoms with Crippen LogP contribution < -0.4 is 5.32 Å². The summed E-state index contributed by atoms with van der Waals surface area (Å²) in [6.07, 6.45) is 5.18.